The second kappa shape index (κ2) is 4.85. The lowest BCUT2D eigenvalue weighted by Gasteiger charge is -2.25. The molecular weight excluding hydrogens is 294 g/mol. The number of nitrogens with zero attached hydrogens (tertiary/aromatic N) is 3. The Balaban J connectivity index is 1.82. The van der Waals surface area contributed by atoms with Crippen molar-refractivity contribution in [3.63, 3.8) is 0 Å². The van der Waals surface area contributed by atoms with Gasteiger partial charge in [0.1, 0.15) is 22.7 Å². The first kappa shape index (κ1) is 14.1. The van der Waals surface area contributed by atoms with Crippen LogP contribution >= 0.6 is 0 Å². The molecule has 0 radical (unpaired) electrons. The van der Waals surface area contributed by atoms with Crippen LogP contribution in [0.15, 0.2) is 15.7 Å². The molecule has 0 aromatic carbocycles. The Labute approximate surface area is 122 Å². The molecule has 21 heavy (non-hydrogen) atoms. The minimum atomic E-state index is -3.63. The highest BCUT2D eigenvalue weighted by atomic mass is 32.2. The van der Waals surface area contributed by atoms with Gasteiger partial charge in [0.25, 0.3) is 0 Å². The van der Waals surface area contributed by atoms with E-state index in [1.165, 1.54) is 0 Å². The number of sulfonamides is 1. The van der Waals surface area contributed by atoms with Gasteiger partial charge in [-0.25, -0.2) is 13.1 Å². The van der Waals surface area contributed by atoms with E-state index < -0.39 is 10.0 Å². The molecular formula is C12H17N5O3S. The summed E-state index contributed by atoms with van der Waals surface area (Å²) < 4.78 is 33.8. The molecule has 2 aromatic heterocycles. The smallest absolute Gasteiger partial charge is 0.246 e. The number of fused-ring (bicyclic) bond motifs is 1. The summed E-state index contributed by atoms with van der Waals surface area (Å²) in [4.78, 5) is 0.0798. The summed E-state index contributed by atoms with van der Waals surface area (Å²) in [5.74, 6) is 0.948. The fourth-order valence-electron chi connectivity index (χ4n) is 2.61. The van der Waals surface area contributed by atoms with Crippen LogP contribution in [0.25, 0.3) is 0 Å². The number of hydrogen-bond donors (Lipinski definition) is 2. The second-order valence-corrected chi connectivity index (χ2v) is 6.89. The standard InChI is InChI=1S/C12H17N5O3S/c1-7-10-4-9(5-13-12(10)17(3)14-7)16-21(18,19)11-6-20-15-8(11)2/h6,9,13,16H,4-5H2,1-3H3. The lowest BCUT2D eigenvalue weighted by molar-refractivity contribution is 0.413. The van der Waals surface area contributed by atoms with Crippen molar-refractivity contribution in [3.05, 3.63) is 23.2 Å². The first-order valence-corrected chi connectivity index (χ1v) is 8.06. The topological polar surface area (TPSA) is 102 Å². The summed E-state index contributed by atoms with van der Waals surface area (Å²) in [6.07, 6.45) is 1.75. The Morgan fingerprint density at radius 1 is 1.43 bits per heavy atom. The first-order valence-electron chi connectivity index (χ1n) is 6.58. The van der Waals surface area contributed by atoms with Crippen molar-refractivity contribution in [2.24, 2.45) is 7.05 Å². The molecule has 0 amide bonds. The number of anilines is 1. The van der Waals surface area contributed by atoms with E-state index in [-0.39, 0.29) is 10.9 Å². The third-order valence-electron chi connectivity index (χ3n) is 3.63. The molecule has 2 aromatic rings. The molecule has 0 bridgehead atoms. The number of aryl methyl sites for hydroxylation is 3. The van der Waals surface area contributed by atoms with Crippen LogP contribution in [0.2, 0.25) is 0 Å². The van der Waals surface area contributed by atoms with Crippen LogP contribution < -0.4 is 10.0 Å². The van der Waals surface area contributed by atoms with Crippen molar-refractivity contribution in [2.45, 2.75) is 31.2 Å². The zero-order valence-electron chi connectivity index (χ0n) is 12.0. The molecule has 0 saturated carbocycles. The normalized spacial score (nSPS) is 18.3. The minimum Gasteiger partial charge on any atom is -0.368 e. The second-order valence-electron chi connectivity index (χ2n) is 5.20. The number of aromatic nitrogens is 3. The van der Waals surface area contributed by atoms with Gasteiger partial charge in [-0.05, 0) is 20.3 Å². The van der Waals surface area contributed by atoms with Crippen molar-refractivity contribution in [3.8, 4) is 0 Å². The van der Waals surface area contributed by atoms with E-state index in [9.17, 15) is 8.42 Å². The van der Waals surface area contributed by atoms with Crippen LogP contribution in [0.1, 0.15) is 17.0 Å². The maximum atomic E-state index is 12.3. The average Bonchev–Trinajstić information content (AvgIpc) is 2.95. The van der Waals surface area contributed by atoms with Crippen LogP contribution in [-0.4, -0.2) is 35.9 Å². The van der Waals surface area contributed by atoms with E-state index in [4.69, 9.17) is 4.52 Å². The summed E-state index contributed by atoms with van der Waals surface area (Å²) in [6, 6.07) is -0.236. The molecule has 114 valence electrons. The molecule has 3 heterocycles. The minimum absolute atomic E-state index is 0.0798. The summed E-state index contributed by atoms with van der Waals surface area (Å²) in [5, 5.41) is 11.2. The number of rotatable bonds is 3. The lowest BCUT2D eigenvalue weighted by Crippen LogP contribution is -2.43. The molecule has 0 saturated heterocycles. The third kappa shape index (κ3) is 2.42. The molecule has 0 aliphatic carbocycles. The molecule has 3 rings (SSSR count). The summed E-state index contributed by atoms with van der Waals surface area (Å²) in [7, 11) is -1.76. The Hall–Kier alpha value is -1.87. The number of nitrogens with one attached hydrogen (secondary N) is 2. The predicted octanol–water partition coefficient (Wildman–Crippen LogP) is 0.340. The van der Waals surface area contributed by atoms with Gasteiger partial charge in [-0.3, -0.25) is 4.68 Å². The zero-order valence-corrected chi connectivity index (χ0v) is 12.9. The van der Waals surface area contributed by atoms with Gasteiger partial charge in [0, 0.05) is 25.2 Å². The van der Waals surface area contributed by atoms with E-state index in [0.717, 1.165) is 23.3 Å². The molecule has 1 aliphatic rings. The Bertz CT molecular complexity index is 777. The van der Waals surface area contributed by atoms with Gasteiger partial charge in [0.15, 0.2) is 0 Å². The highest BCUT2D eigenvalue weighted by molar-refractivity contribution is 7.89. The molecule has 1 aliphatic heterocycles. The molecule has 1 atom stereocenters. The van der Waals surface area contributed by atoms with E-state index in [0.29, 0.717) is 18.7 Å². The first-order chi connectivity index (χ1) is 9.88. The monoisotopic (exact) mass is 311 g/mol. The van der Waals surface area contributed by atoms with Gasteiger partial charge < -0.3 is 9.84 Å². The van der Waals surface area contributed by atoms with Crippen LogP contribution in [0.4, 0.5) is 5.82 Å². The lowest BCUT2D eigenvalue weighted by atomic mass is 10.0. The predicted molar refractivity (Wildman–Crippen MR) is 75.5 cm³/mol. The summed E-state index contributed by atoms with van der Waals surface area (Å²) in [6.45, 7) is 4.03. The van der Waals surface area contributed by atoms with Crippen LogP contribution in [0, 0.1) is 13.8 Å². The van der Waals surface area contributed by atoms with Gasteiger partial charge in [-0.1, -0.05) is 5.16 Å². The highest BCUT2D eigenvalue weighted by Crippen LogP contribution is 2.25. The Morgan fingerprint density at radius 3 is 2.86 bits per heavy atom. The number of hydrogen-bond acceptors (Lipinski definition) is 6. The van der Waals surface area contributed by atoms with Gasteiger partial charge in [0.2, 0.25) is 10.0 Å². The summed E-state index contributed by atoms with van der Waals surface area (Å²) in [5.41, 5.74) is 2.30. The molecule has 9 heteroatoms. The third-order valence-corrected chi connectivity index (χ3v) is 5.24. The fourth-order valence-corrected chi connectivity index (χ4v) is 3.94. The Morgan fingerprint density at radius 2 is 2.19 bits per heavy atom. The van der Waals surface area contributed by atoms with Gasteiger partial charge in [0.05, 0.1) is 5.69 Å². The van der Waals surface area contributed by atoms with E-state index in [1.54, 1.807) is 11.6 Å². The highest BCUT2D eigenvalue weighted by Gasteiger charge is 2.29. The van der Waals surface area contributed by atoms with Crippen LogP contribution in [0.5, 0.6) is 0 Å². The maximum absolute atomic E-state index is 12.3. The largest absolute Gasteiger partial charge is 0.368 e. The quantitative estimate of drug-likeness (QED) is 0.847. The van der Waals surface area contributed by atoms with Crippen LogP contribution in [-0.2, 0) is 23.5 Å². The maximum Gasteiger partial charge on any atom is 0.246 e. The van der Waals surface area contributed by atoms with Crippen molar-refractivity contribution in [2.75, 3.05) is 11.9 Å². The van der Waals surface area contributed by atoms with E-state index >= 15 is 0 Å². The van der Waals surface area contributed by atoms with Gasteiger partial charge in [-0.2, -0.15) is 5.10 Å². The molecule has 0 fully saturated rings. The zero-order chi connectivity index (χ0) is 15.2. The molecule has 8 nitrogen and oxygen atoms in total. The van der Waals surface area contributed by atoms with Crippen molar-refractivity contribution in [1.82, 2.24) is 19.7 Å². The van der Waals surface area contributed by atoms with E-state index in [1.807, 2.05) is 14.0 Å². The van der Waals surface area contributed by atoms with Gasteiger partial charge in [-0.15, -0.1) is 0 Å². The average molecular weight is 311 g/mol. The molecule has 2 N–H and O–H groups in total. The van der Waals surface area contributed by atoms with Crippen molar-refractivity contribution >= 4 is 15.8 Å². The Kier molecular flexibility index (Phi) is 3.25. The molecule has 1 unspecified atom stereocenters. The summed E-state index contributed by atoms with van der Waals surface area (Å²) >= 11 is 0. The van der Waals surface area contributed by atoms with E-state index in [2.05, 4.69) is 20.3 Å². The SMILES string of the molecule is Cc1nocc1S(=O)(=O)NC1CNc2c(c(C)nn2C)C1. The fraction of sp³-hybridized carbons (Fsp3) is 0.500. The molecule has 0 spiro atoms. The van der Waals surface area contributed by atoms with Crippen molar-refractivity contribution in [1.29, 1.82) is 0 Å². The van der Waals surface area contributed by atoms with Crippen LogP contribution in [0.3, 0.4) is 0 Å². The van der Waals surface area contributed by atoms with Gasteiger partial charge >= 0.3 is 0 Å². The van der Waals surface area contributed by atoms with Crippen molar-refractivity contribution < 1.29 is 12.9 Å².